The van der Waals surface area contributed by atoms with Crippen molar-refractivity contribution in [1.82, 2.24) is 0 Å². The summed E-state index contributed by atoms with van der Waals surface area (Å²) in [6.07, 6.45) is 1.55. The van der Waals surface area contributed by atoms with E-state index in [0.717, 1.165) is 10.0 Å². The summed E-state index contributed by atoms with van der Waals surface area (Å²) in [6.45, 7) is 3.62. The van der Waals surface area contributed by atoms with Crippen LogP contribution in [0.4, 0.5) is 0 Å². The molecule has 0 atom stereocenters. The van der Waals surface area contributed by atoms with Crippen molar-refractivity contribution in [2.75, 3.05) is 0 Å². The van der Waals surface area contributed by atoms with Crippen LogP contribution in [0.25, 0.3) is 0 Å². The number of nitrogens with zero attached hydrogens (tertiary/aromatic N) is 1. The Balaban J connectivity index is 3.30. The van der Waals surface area contributed by atoms with Gasteiger partial charge in [0.25, 0.3) is 0 Å². The van der Waals surface area contributed by atoms with Gasteiger partial charge in [0, 0.05) is 9.50 Å². The number of hydrogen-bond donors (Lipinski definition) is 0. The van der Waals surface area contributed by atoms with Crippen molar-refractivity contribution < 1.29 is 4.79 Å². The molecule has 0 N–H and O–H groups in total. The highest BCUT2D eigenvalue weighted by atomic mass is 79.9. The number of isocyanates is 1. The van der Waals surface area contributed by atoms with Crippen molar-refractivity contribution in [2.24, 2.45) is 4.99 Å². The van der Waals surface area contributed by atoms with Crippen molar-refractivity contribution in [1.29, 1.82) is 0 Å². The Kier molecular flexibility index (Phi) is 3.48. The van der Waals surface area contributed by atoms with Crippen LogP contribution in [0.3, 0.4) is 0 Å². The summed E-state index contributed by atoms with van der Waals surface area (Å²) in [6, 6.07) is 5.46. The summed E-state index contributed by atoms with van der Waals surface area (Å²) in [5.74, 6) is 0. The molecule has 0 heterocycles. The van der Waals surface area contributed by atoms with Gasteiger partial charge >= 0.3 is 0 Å². The van der Waals surface area contributed by atoms with Gasteiger partial charge < -0.3 is 0 Å². The average molecular weight is 275 g/mol. The van der Waals surface area contributed by atoms with Gasteiger partial charge in [-0.3, -0.25) is 0 Å². The van der Waals surface area contributed by atoms with Crippen LogP contribution in [0, 0.1) is 0 Å². The maximum Gasteiger partial charge on any atom is 0.235 e. The molecule has 2 nitrogen and oxygen atoms in total. The average Bonchev–Trinajstić information content (AvgIpc) is 2.09. The molecule has 0 amide bonds. The summed E-state index contributed by atoms with van der Waals surface area (Å²) in [7, 11) is 0. The Hall–Kier alpha value is -0.630. The smallest absolute Gasteiger partial charge is 0.211 e. The molecule has 14 heavy (non-hydrogen) atoms. The van der Waals surface area contributed by atoms with E-state index in [9.17, 15) is 4.79 Å². The molecule has 0 aromatic heterocycles. The summed E-state index contributed by atoms with van der Waals surface area (Å²) in [5.41, 5.74) is 0.166. The molecule has 0 saturated heterocycles. The molecule has 1 rings (SSSR count). The number of hydrogen-bond acceptors (Lipinski definition) is 2. The number of rotatable bonds is 2. The molecular formula is C10H9BrClNO. The van der Waals surface area contributed by atoms with Crippen molar-refractivity contribution in [2.45, 2.75) is 19.4 Å². The van der Waals surface area contributed by atoms with E-state index in [1.807, 2.05) is 26.0 Å². The highest BCUT2D eigenvalue weighted by Crippen LogP contribution is 2.32. The molecule has 1 aromatic rings. The summed E-state index contributed by atoms with van der Waals surface area (Å²) >= 11 is 9.35. The van der Waals surface area contributed by atoms with E-state index in [0.29, 0.717) is 5.02 Å². The van der Waals surface area contributed by atoms with Gasteiger partial charge in [-0.1, -0.05) is 27.5 Å². The highest BCUT2D eigenvalue weighted by Gasteiger charge is 2.22. The van der Waals surface area contributed by atoms with Crippen LogP contribution in [-0.2, 0) is 10.3 Å². The second-order valence-electron chi connectivity index (χ2n) is 3.39. The molecule has 0 bridgehead atoms. The van der Waals surface area contributed by atoms with E-state index in [4.69, 9.17) is 11.6 Å². The van der Waals surface area contributed by atoms with Crippen LogP contribution >= 0.6 is 27.5 Å². The lowest BCUT2D eigenvalue weighted by Gasteiger charge is -2.19. The zero-order valence-electron chi connectivity index (χ0n) is 7.84. The number of halogens is 2. The van der Waals surface area contributed by atoms with Crippen LogP contribution in [0.5, 0.6) is 0 Å². The normalized spacial score (nSPS) is 10.9. The van der Waals surface area contributed by atoms with Crippen LogP contribution in [-0.4, -0.2) is 6.08 Å². The van der Waals surface area contributed by atoms with E-state index < -0.39 is 5.54 Å². The Bertz CT molecular complexity index is 397. The third kappa shape index (κ3) is 2.44. The first-order valence-corrected chi connectivity index (χ1v) is 5.19. The molecule has 0 saturated carbocycles. The molecule has 0 fully saturated rings. The van der Waals surface area contributed by atoms with Gasteiger partial charge in [-0.15, -0.1) is 0 Å². The predicted octanol–water partition coefficient (Wildman–Crippen LogP) is 3.67. The van der Waals surface area contributed by atoms with Gasteiger partial charge in [0.15, 0.2) is 0 Å². The first-order chi connectivity index (χ1) is 6.47. The van der Waals surface area contributed by atoms with Gasteiger partial charge in [0.1, 0.15) is 0 Å². The van der Waals surface area contributed by atoms with E-state index in [1.54, 1.807) is 12.1 Å². The Labute approximate surface area is 96.1 Å². The van der Waals surface area contributed by atoms with Gasteiger partial charge in [-0.25, -0.2) is 4.79 Å². The van der Waals surface area contributed by atoms with E-state index in [1.165, 1.54) is 0 Å². The number of benzene rings is 1. The summed E-state index contributed by atoms with van der Waals surface area (Å²) in [4.78, 5) is 14.0. The van der Waals surface area contributed by atoms with Crippen molar-refractivity contribution in [3.63, 3.8) is 0 Å². The van der Waals surface area contributed by atoms with E-state index in [2.05, 4.69) is 20.9 Å². The molecule has 1 aromatic carbocycles. The molecule has 4 heteroatoms. The maximum absolute atomic E-state index is 10.2. The van der Waals surface area contributed by atoms with Crippen LogP contribution in [0.2, 0.25) is 5.02 Å². The fraction of sp³-hybridized carbons (Fsp3) is 0.300. The maximum atomic E-state index is 10.2. The minimum atomic E-state index is -0.636. The topological polar surface area (TPSA) is 29.4 Å². The molecule has 0 radical (unpaired) electrons. The third-order valence-electron chi connectivity index (χ3n) is 1.91. The van der Waals surface area contributed by atoms with Crippen molar-refractivity contribution in [3.05, 3.63) is 33.3 Å². The second-order valence-corrected chi connectivity index (χ2v) is 4.71. The lowest BCUT2D eigenvalue weighted by atomic mass is 9.95. The minimum Gasteiger partial charge on any atom is -0.211 e. The highest BCUT2D eigenvalue weighted by molar-refractivity contribution is 9.10. The zero-order chi connectivity index (χ0) is 10.8. The van der Waals surface area contributed by atoms with Crippen molar-refractivity contribution >= 4 is 33.6 Å². The lowest BCUT2D eigenvalue weighted by Crippen LogP contribution is -2.14. The molecule has 0 aliphatic carbocycles. The number of aliphatic imine (C=N–C) groups is 1. The molecule has 0 aliphatic rings. The standard InChI is InChI=1S/C10H9BrClNO/c1-10(2,13-6-14)8-5-7(11)3-4-9(8)12/h3-5H,1-2H3. The van der Waals surface area contributed by atoms with Gasteiger partial charge in [-0.2, -0.15) is 4.99 Å². The monoisotopic (exact) mass is 273 g/mol. The molecule has 0 spiro atoms. The first-order valence-electron chi connectivity index (χ1n) is 4.02. The van der Waals surface area contributed by atoms with Crippen molar-refractivity contribution in [3.8, 4) is 0 Å². The predicted molar refractivity (Wildman–Crippen MR) is 60.3 cm³/mol. The largest absolute Gasteiger partial charge is 0.235 e. The molecule has 74 valence electrons. The van der Waals surface area contributed by atoms with Gasteiger partial charge in [0.2, 0.25) is 6.08 Å². The van der Waals surface area contributed by atoms with Crippen LogP contribution in [0.15, 0.2) is 27.7 Å². The number of carbonyl (C=O) groups excluding carboxylic acids is 1. The fourth-order valence-electron chi connectivity index (χ4n) is 1.14. The zero-order valence-corrected chi connectivity index (χ0v) is 10.2. The summed E-state index contributed by atoms with van der Waals surface area (Å²) < 4.78 is 0.908. The quantitative estimate of drug-likeness (QED) is 0.597. The van der Waals surface area contributed by atoms with Crippen LogP contribution in [0.1, 0.15) is 19.4 Å². The third-order valence-corrected chi connectivity index (χ3v) is 2.74. The van der Waals surface area contributed by atoms with E-state index in [-0.39, 0.29) is 0 Å². The Morgan fingerprint density at radius 1 is 1.50 bits per heavy atom. The fourth-order valence-corrected chi connectivity index (χ4v) is 1.85. The molecular weight excluding hydrogens is 265 g/mol. The SMILES string of the molecule is CC(C)(N=C=O)c1cc(Br)ccc1Cl. The van der Waals surface area contributed by atoms with Gasteiger partial charge in [0.05, 0.1) is 5.54 Å². The molecule has 0 unspecified atom stereocenters. The Morgan fingerprint density at radius 2 is 2.14 bits per heavy atom. The second kappa shape index (κ2) is 4.26. The van der Waals surface area contributed by atoms with Crippen LogP contribution < -0.4 is 0 Å². The Morgan fingerprint density at radius 3 is 2.71 bits per heavy atom. The first kappa shape index (κ1) is 11.4. The minimum absolute atomic E-state index is 0.595. The lowest BCUT2D eigenvalue weighted by molar-refractivity contribution is 0.523. The molecule has 0 aliphatic heterocycles. The van der Waals surface area contributed by atoms with Gasteiger partial charge in [-0.05, 0) is 37.6 Å². The van der Waals surface area contributed by atoms with E-state index >= 15 is 0 Å². The summed E-state index contributed by atoms with van der Waals surface area (Å²) in [5, 5.41) is 0.595.